The maximum absolute atomic E-state index is 10.5. The lowest BCUT2D eigenvalue weighted by Gasteiger charge is -2.01. The summed E-state index contributed by atoms with van der Waals surface area (Å²) in [6, 6.07) is 4.70. The molecule has 4 nitrogen and oxygen atoms in total. The lowest BCUT2D eigenvalue weighted by atomic mass is 9.93. The van der Waals surface area contributed by atoms with Gasteiger partial charge in [-0.05, 0) is 6.07 Å². The van der Waals surface area contributed by atoms with E-state index in [0.717, 1.165) is 10.9 Å². The molecule has 2 aromatic rings. The first-order chi connectivity index (χ1) is 6.59. The Balaban J connectivity index is 2.80. The second-order valence-electron chi connectivity index (χ2n) is 3.16. The monoisotopic (exact) mass is 186 g/mol. The van der Waals surface area contributed by atoms with E-state index in [0.29, 0.717) is 5.46 Å². The van der Waals surface area contributed by atoms with Gasteiger partial charge in [-0.25, -0.2) is 0 Å². The van der Waals surface area contributed by atoms with Crippen LogP contribution in [0.4, 0.5) is 5.69 Å². The number of aryl methyl sites for hydroxylation is 1. The van der Waals surface area contributed by atoms with Crippen molar-refractivity contribution >= 4 is 29.9 Å². The van der Waals surface area contributed by atoms with Gasteiger partial charge in [-0.3, -0.25) is 10.1 Å². The summed E-state index contributed by atoms with van der Waals surface area (Å²) in [4.78, 5) is 10.1. The average Bonchev–Trinajstić information content (AvgIpc) is 2.48. The van der Waals surface area contributed by atoms with Gasteiger partial charge >= 0.3 is 0 Å². The summed E-state index contributed by atoms with van der Waals surface area (Å²) in [6.07, 6.45) is 1.82. The van der Waals surface area contributed by atoms with Gasteiger partial charge in [-0.15, -0.1) is 0 Å². The Morgan fingerprint density at radius 3 is 2.86 bits per heavy atom. The maximum Gasteiger partial charge on any atom is 0.269 e. The van der Waals surface area contributed by atoms with E-state index in [2.05, 4.69) is 0 Å². The summed E-state index contributed by atoms with van der Waals surface area (Å²) in [7, 11) is 7.57. The largest absolute Gasteiger partial charge is 0.351 e. The molecule has 1 aromatic heterocycles. The molecule has 0 atom stereocenters. The molecule has 0 amide bonds. The first-order valence-corrected chi connectivity index (χ1v) is 4.08. The van der Waals surface area contributed by atoms with Gasteiger partial charge in [-0.1, -0.05) is 5.46 Å². The molecule has 1 aromatic carbocycles. The molecule has 0 aliphatic rings. The standard InChI is InChI=1S/C9H7BN2O2/c1-11-3-2-6-4-7(12(13)14)5-8(10)9(6)11/h2-5H,1H3. The smallest absolute Gasteiger partial charge is 0.269 e. The SMILES string of the molecule is [B]c1cc([N+](=O)[O-])cc2ccn(C)c12. The molecule has 2 radical (unpaired) electrons. The van der Waals surface area contributed by atoms with Crippen LogP contribution in [0, 0.1) is 10.1 Å². The molecule has 0 fully saturated rings. The molecule has 0 aliphatic heterocycles. The van der Waals surface area contributed by atoms with Gasteiger partial charge in [0.1, 0.15) is 7.85 Å². The Bertz CT molecular complexity index is 519. The molecule has 5 heteroatoms. The predicted molar refractivity (Wildman–Crippen MR) is 55.0 cm³/mol. The van der Waals surface area contributed by atoms with Crippen LogP contribution < -0.4 is 5.46 Å². The number of nitro groups is 1. The first-order valence-electron chi connectivity index (χ1n) is 4.08. The summed E-state index contributed by atoms with van der Waals surface area (Å²) < 4.78 is 1.84. The maximum atomic E-state index is 10.5. The van der Waals surface area contributed by atoms with E-state index in [4.69, 9.17) is 7.85 Å². The van der Waals surface area contributed by atoms with Crippen LogP contribution in [0.1, 0.15) is 0 Å². The van der Waals surface area contributed by atoms with E-state index in [-0.39, 0.29) is 5.69 Å². The van der Waals surface area contributed by atoms with Crippen molar-refractivity contribution in [1.29, 1.82) is 0 Å². The Hall–Kier alpha value is -1.78. The fourth-order valence-corrected chi connectivity index (χ4v) is 1.57. The van der Waals surface area contributed by atoms with Crippen LogP contribution in [-0.4, -0.2) is 17.3 Å². The number of nitrogens with zero attached hydrogens (tertiary/aromatic N) is 2. The number of aromatic nitrogens is 1. The van der Waals surface area contributed by atoms with Gasteiger partial charge in [0.05, 0.1) is 4.92 Å². The van der Waals surface area contributed by atoms with Gasteiger partial charge in [0.2, 0.25) is 0 Å². The number of non-ortho nitro benzene ring substituents is 1. The molecule has 68 valence electrons. The minimum absolute atomic E-state index is 0.0289. The Kier molecular flexibility index (Phi) is 1.80. The van der Waals surface area contributed by atoms with E-state index in [1.165, 1.54) is 12.1 Å². The van der Waals surface area contributed by atoms with E-state index in [9.17, 15) is 10.1 Å². The van der Waals surface area contributed by atoms with E-state index in [1.807, 2.05) is 17.8 Å². The molecular weight excluding hydrogens is 179 g/mol. The number of hydrogen-bond donors (Lipinski definition) is 0. The molecule has 1 heterocycles. The second-order valence-corrected chi connectivity index (χ2v) is 3.16. The number of nitro benzene ring substituents is 1. The highest BCUT2D eigenvalue weighted by Gasteiger charge is 2.10. The topological polar surface area (TPSA) is 48.1 Å². The number of benzene rings is 1. The van der Waals surface area contributed by atoms with Crippen molar-refractivity contribution in [1.82, 2.24) is 4.57 Å². The predicted octanol–water partition coefficient (Wildman–Crippen LogP) is 0.880. The average molecular weight is 186 g/mol. The quantitative estimate of drug-likeness (QED) is 0.377. The number of rotatable bonds is 1. The highest BCUT2D eigenvalue weighted by Crippen LogP contribution is 2.18. The van der Waals surface area contributed by atoms with E-state index in [1.54, 1.807) is 6.07 Å². The summed E-state index contributed by atoms with van der Waals surface area (Å²) in [6.45, 7) is 0. The number of fused-ring (bicyclic) bond motifs is 1. The van der Waals surface area contributed by atoms with Crippen molar-refractivity contribution in [3.05, 3.63) is 34.5 Å². The highest BCUT2D eigenvalue weighted by atomic mass is 16.6. The Labute approximate surface area is 81.7 Å². The number of hydrogen-bond acceptors (Lipinski definition) is 2. The fraction of sp³-hybridized carbons (Fsp3) is 0.111. The zero-order valence-electron chi connectivity index (χ0n) is 7.60. The molecule has 0 bridgehead atoms. The van der Waals surface area contributed by atoms with Crippen LogP contribution in [0.25, 0.3) is 10.9 Å². The minimum atomic E-state index is -0.442. The van der Waals surface area contributed by atoms with Crippen molar-refractivity contribution < 1.29 is 4.92 Å². The van der Waals surface area contributed by atoms with Crippen LogP contribution in [0.5, 0.6) is 0 Å². The van der Waals surface area contributed by atoms with Crippen molar-refractivity contribution in [2.45, 2.75) is 0 Å². The lowest BCUT2D eigenvalue weighted by molar-refractivity contribution is -0.384. The van der Waals surface area contributed by atoms with Crippen LogP contribution in [0.3, 0.4) is 0 Å². The van der Waals surface area contributed by atoms with Crippen LogP contribution in [0.15, 0.2) is 24.4 Å². The van der Waals surface area contributed by atoms with Crippen LogP contribution in [0.2, 0.25) is 0 Å². The van der Waals surface area contributed by atoms with Crippen molar-refractivity contribution in [3.63, 3.8) is 0 Å². The minimum Gasteiger partial charge on any atom is -0.351 e. The first kappa shape index (κ1) is 8.81. The van der Waals surface area contributed by atoms with Gasteiger partial charge in [-0.2, -0.15) is 0 Å². The molecule has 0 saturated carbocycles. The molecule has 0 unspecified atom stereocenters. The summed E-state index contributed by atoms with van der Waals surface area (Å²) in [5.41, 5.74) is 1.29. The zero-order chi connectivity index (χ0) is 10.3. The summed E-state index contributed by atoms with van der Waals surface area (Å²) >= 11 is 0. The molecule has 0 spiro atoms. The zero-order valence-corrected chi connectivity index (χ0v) is 7.60. The summed E-state index contributed by atoms with van der Waals surface area (Å²) in [5.74, 6) is 0. The normalized spacial score (nSPS) is 10.6. The molecule has 0 aliphatic carbocycles. The van der Waals surface area contributed by atoms with Crippen LogP contribution >= 0.6 is 0 Å². The Morgan fingerprint density at radius 1 is 1.50 bits per heavy atom. The van der Waals surface area contributed by atoms with Gasteiger partial charge < -0.3 is 4.57 Å². The van der Waals surface area contributed by atoms with Gasteiger partial charge in [0.15, 0.2) is 0 Å². The third-order valence-corrected chi connectivity index (χ3v) is 2.19. The molecule has 0 saturated heterocycles. The fourth-order valence-electron chi connectivity index (χ4n) is 1.57. The molecular formula is C9H7BN2O2. The van der Waals surface area contributed by atoms with Crippen LogP contribution in [-0.2, 0) is 7.05 Å². The molecule has 14 heavy (non-hydrogen) atoms. The van der Waals surface area contributed by atoms with E-state index < -0.39 is 4.92 Å². The van der Waals surface area contributed by atoms with Gasteiger partial charge in [0.25, 0.3) is 5.69 Å². The lowest BCUT2D eigenvalue weighted by Crippen LogP contribution is -2.08. The second kappa shape index (κ2) is 2.87. The van der Waals surface area contributed by atoms with Crippen molar-refractivity contribution in [2.75, 3.05) is 0 Å². The van der Waals surface area contributed by atoms with Gasteiger partial charge in [0, 0.05) is 36.3 Å². The highest BCUT2D eigenvalue weighted by molar-refractivity contribution is 6.38. The molecule has 0 N–H and O–H groups in total. The van der Waals surface area contributed by atoms with Crippen molar-refractivity contribution in [2.24, 2.45) is 7.05 Å². The third kappa shape index (κ3) is 1.17. The van der Waals surface area contributed by atoms with E-state index >= 15 is 0 Å². The third-order valence-electron chi connectivity index (χ3n) is 2.19. The molecule has 2 rings (SSSR count). The van der Waals surface area contributed by atoms with Crippen molar-refractivity contribution in [3.8, 4) is 0 Å². The summed E-state index contributed by atoms with van der Waals surface area (Å²) in [5, 5.41) is 11.3. The Morgan fingerprint density at radius 2 is 2.21 bits per heavy atom.